The quantitative estimate of drug-likeness (QED) is 0.646. The maximum absolute atomic E-state index is 13.7. The van der Waals surface area contributed by atoms with Gasteiger partial charge in [0.25, 0.3) is 5.69 Å². The Labute approximate surface area is 108 Å². The molecule has 1 saturated carbocycles. The van der Waals surface area contributed by atoms with Crippen molar-refractivity contribution in [1.82, 2.24) is 0 Å². The maximum atomic E-state index is 13.7. The second kappa shape index (κ2) is 4.83. The van der Waals surface area contributed by atoms with E-state index in [1.54, 1.807) is 0 Å². The largest absolute Gasteiger partial charge is 0.477 e. The van der Waals surface area contributed by atoms with Gasteiger partial charge in [-0.25, -0.2) is 9.18 Å². The topological polar surface area (TPSA) is 92.5 Å². The molecule has 0 bridgehead atoms. The lowest BCUT2D eigenvalue weighted by atomic mass is 9.82. The molecule has 19 heavy (non-hydrogen) atoms. The molecule has 1 aromatic carbocycles. The Bertz CT molecular complexity index is 541. The number of carboxylic acids is 1. The van der Waals surface area contributed by atoms with E-state index in [1.807, 2.05) is 0 Å². The van der Waals surface area contributed by atoms with Crippen LogP contribution in [0, 0.1) is 21.8 Å². The minimum Gasteiger partial charge on any atom is -0.477 e. The van der Waals surface area contributed by atoms with E-state index in [0.717, 1.165) is 18.9 Å². The van der Waals surface area contributed by atoms with Crippen LogP contribution in [-0.4, -0.2) is 22.0 Å². The van der Waals surface area contributed by atoms with E-state index in [2.05, 4.69) is 12.2 Å². The molecule has 1 aliphatic rings. The second-order valence-corrected chi connectivity index (χ2v) is 4.83. The van der Waals surface area contributed by atoms with E-state index >= 15 is 0 Å². The fourth-order valence-electron chi connectivity index (χ4n) is 2.24. The average molecular weight is 268 g/mol. The van der Waals surface area contributed by atoms with Gasteiger partial charge in [0.15, 0.2) is 5.82 Å². The van der Waals surface area contributed by atoms with Crippen LogP contribution in [-0.2, 0) is 0 Å². The molecule has 1 fully saturated rings. The molecular weight excluding hydrogens is 255 g/mol. The molecule has 0 radical (unpaired) electrons. The summed E-state index contributed by atoms with van der Waals surface area (Å²) in [5.41, 5.74) is -1.25. The lowest BCUT2D eigenvalue weighted by molar-refractivity contribution is -0.385. The van der Waals surface area contributed by atoms with Crippen molar-refractivity contribution in [2.24, 2.45) is 5.92 Å². The van der Waals surface area contributed by atoms with Crippen LogP contribution in [0.3, 0.4) is 0 Å². The van der Waals surface area contributed by atoms with Crippen LogP contribution in [0.5, 0.6) is 0 Å². The Hall–Kier alpha value is -2.18. The van der Waals surface area contributed by atoms with Crippen molar-refractivity contribution >= 4 is 17.3 Å². The van der Waals surface area contributed by atoms with Gasteiger partial charge in [-0.2, -0.15) is 0 Å². The van der Waals surface area contributed by atoms with Crippen molar-refractivity contribution in [3.05, 3.63) is 33.6 Å². The van der Waals surface area contributed by atoms with Gasteiger partial charge >= 0.3 is 5.97 Å². The van der Waals surface area contributed by atoms with Gasteiger partial charge < -0.3 is 10.4 Å². The van der Waals surface area contributed by atoms with Crippen LogP contribution in [0.1, 0.15) is 30.1 Å². The van der Waals surface area contributed by atoms with E-state index in [9.17, 15) is 19.3 Å². The standard InChI is InChI=1S/C12H13FN2O4/c1-6-2-7(3-6)14-10-4-8(12(16)17)11(15(18)19)5-9(10)13/h4-7,14H,2-3H2,1H3,(H,16,17). The Balaban J connectivity index is 2.31. The molecule has 0 aliphatic heterocycles. The van der Waals surface area contributed by atoms with Crippen LogP contribution < -0.4 is 5.32 Å². The molecule has 0 spiro atoms. The van der Waals surface area contributed by atoms with Gasteiger partial charge in [-0.3, -0.25) is 10.1 Å². The van der Waals surface area contributed by atoms with Crippen LogP contribution in [0.4, 0.5) is 15.8 Å². The number of nitrogens with zero attached hydrogens (tertiary/aromatic N) is 1. The van der Waals surface area contributed by atoms with Gasteiger partial charge in [0.2, 0.25) is 0 Å². The third-order valence-corrected chi connectivity index (χ3v) is 3.25. The molecule has 0 unspecified atom stereocenters. The molecule has 0 amide bonds. The van der Waals surface area contributed by atoms with Crippen molar-refractivity contribution in [1.29, 1.82) is 0 Å². The molecule has 0 saturated heterocycles. The van der Waals surface area contributed by atoms with E-state index in [-0.39, 0.29) is 11.7 Å². The number of hydrogen-bond donors (Lipinski definition) is 2. The molecule has 6 nitrogen and oxygen atoms in total. The molecular formula is C12H13FN2O4. The number of anilines is 1. The zero-order chi connectivity index (χ0) is 14.2. The van der Waals surface area contributed by atoms with Crippen molar-refractivity contribution in [2.45, 2.75) is 25.8 Å². The Morgan fingerprint density at radius 2 is 2.16 bits per heavy atom. The Morgan fingerprint density at radius 3 is 2.63 bits per heavy atom. The first-order chi connectivity index (χ1) is 8.88. The summed E-state index contributed by atoms with van der Waals surface area (Å²) in [4.78, 5) is 20.7. The van der Waals surface area contributed by atoms with E-state index < -0.39 is 28.0 Å². The molecule has 0 aromatic heterocycles. The summed E-state index contributed by atoms with van der Waals surface area (Å²) in [6.45, 7) is 2.06. The minimum atomic E-state index is -1.45. The van der Waals surface area contributed by atoms with E-state index in [0.29, 0.717) is 12.0 Å². The number of rotatable bonds is 4. The van der Waals surface area contributed by atoms with Gasteiger partial charge in [-0.1, -0.05) is 6.92 Å². The number of halogens is 1. The SMILES string of the molecule is CC1CC(Nc2cc(C(=O)O)c([N+](=O)[O-])cc2F)C1. The lowest BCUT2D eigenvalue weighted by Crippen LogP contribution is -2.34. The molecule has 2 rings (SSSR count). The number of carboxylic acid groups (broad SMARTS) is 1. The monoisotopic (exact) mass is 268 g/mol. The number of nitrogens with one attached hydrogen (secondary N) is 1. The third-order valence-electron chi connectivity index (χ3n) is 3.25. The predicted molar refractivity (Wildman–Crippen MR) is 65.8 cm³/mol. The average Bonchev–Trinajstić information content (AvgIpc) is 2.28. The fraction of sp³-hybridized carbons (Fsp3) is 0.417. The van der Waals surface area contributed by atoms with E-state index in [4.69, 9.17) is 5.11 Å². The van der Waals surface area contributed by atoms with Crippen molar-refractivity contribution in [2.75, 3.05) is 5.32 Å². The number of nitro groups is 1. The number of hydrogen-bond acceptors (Lipinski definition) is 4. The molecule has 102 valence electrons. The summed E-state index contributed by atoms with van der Waals surface area (Å²) < 4.78 is 13.7. The maximum Gasteiger partial charge on any atom is 0.342 e. The molecule has 7 heteroatoms. The van der Waals surface area contributed by atoms with E-state index in [1.165, 1.54) is 0 Å². The highest BCUT2D eigenvalue weighted by atomic mass is 19.1. The molecule has 1 aliphatic carbocycles. The van der Waals surface area contributed by atoms with Crippen LogP contribution >= 0.6 is 0 Å². The second-order valence-electron chi connectivity index (χ2n) is 4.83. The fourth-order valence-corrected chi connectivity index (χ4v) is 2.24. The lowest BCUT2D eigenvalue weighted by Gasteiger charge is -2.34. The summed E-state index contributed by atoms with van der Waals surface area (Å²) in [5, 5.41) is 22.5. The molecule has 0 heterocycles. The van der Waals surface area contributed by atoms with Gasteiger partial charge in [0.1, 0.15) is 5.56 Å². The van der Waals surface area contributed by atoms with Gasteiger partial charge in [-0.05, 0) is 24.8 Å². The zero-order valence-corrected chi connectivity index (χ0v) is 10.2. The number of benzene rings is 1. The van der Waals surface area contributed by atoms with Gasteiger partial charge in [0, 0.05) is 6.04 Å². The number of aromatic carboxylic acids is 1. The summed E-state index contributed by atoms with van der Waals surface area (Å²) in [5.74, 6) is -1.70. The highest BCUT2D eigenvalue weighted by molar-refractivity contribution is 5.93. The van der Waals surface area contributed by atoms with Crippen molar-refractivity contribution < 1.29 is 19.2 Å². The third kappa shape index (κ3) is 2.64. The first kappa shape index (κ1) is 13.3. The first-order valence-electron chi connectivity index (χ1n) is 5.86. The predicted octanol–water partition coefficient (Wildman–Crippen LogP) is 2.64. The summed E-state index contributed by atoms with van der Waals surface area (Å²) in [7, 11) is 0. The summed E-state index contributed by atoms with van der Waals surface area (Å²) in [6.07, 6.45) is 1.75. The minimum absolute atomic E-state index is 0.0000926. The van der Waals surface area contributed by atoms with Crippen molar-refractivity contribution in [3.63, 3.8) is 0 Å². The molecule has 2 N–H and O–H groups in total. The highest BCUT2D eigenvalue weighted by Crippen LogP contribution is 2.32. The number of nitro benzene ring substituents is 1. The van der Waals surface area contributed by atoms with Gasteiger partial charge in [0.05, 0.1) is 16.7 Å². The van der Waals surface area contributed by atoms with Crippen molar-refractivity contribution in [3.8, 4) is 0 Å². The van der Waals surface area contributed by atoms with Crippen LogP contribution in [0.2, 0.25) is 0 Å². The van der Waals surface area contributed by atoms with Crippen LogP contribution in [0.25, 0.3) is 0 Å². The zero-order valence-electron chi connectivity index (χ0n) is 10.2. The first-order valence-corrected chi connectivity index (χ1v) is 5.86. The Kier molecular flexibility index (Phi) is 3.37. The summed E-state index contributed by atoms with van der Waals surface area (Å²) in [6, 6.07) is 1.72. The van der Waals surface area contributed by atoms with Gasteiger partial charge in [-0.15, -0.1) is 0 Å². The molecule has 1 aromatic rings. The normalized spacial score (nSPS) is 21.6. The van der Waals surface area contributed by atoms with Crippen LogP contribution in [0.15, 0.2) is 12.1 Å². The molecule has 0 atom stereocenters. The number of carbonyl (C=O) groups is 1. The summed E-state index contributed by atoms with van der Waals surface area (Å²) >= 11 is 0. The smallest absolute Gasteiger partial charge is 0.342 e. The Morgan fingerprint density at radius 1 is 1.53 bits per heavy atom. The highest BCUT2D eigenvalue weighted by Gasteiger charge is 2.28.